The Hall–Kier alpha value is -3.14. The SMILES string of the molecule is CC(=CC(=O)N(C)CCCc1cc(-c2ccccc2)n[nH]1)c1ccccc1. The summed E-state index contributed by atoms with van der Waals surface area (Å²) in [5.41, 5.74) is 5.20. The second-order valence-electron chi connectivity index (χ2n) is 6.70. The highest BCUT2D eigenvalue weighted by atomic mass is 16.2. The molecule has 0 saturated carbocycles. The van der Waals surface area contributed by atoms with Crippen molar-refractivity contribution in [2.75, 3.05) is 13.6 Å². The van der Waals surface area contributed by atoms with Gasteiger partial charge in [-0.25, -0.2) is 0 Å². The number of nitrogens with one attached hydrogen (secondary N) is 1. The zero-order chi connectivity index (χ0) is 19.1. The Morgan fingerprint density at radius 2 is 1.74 bits per heavy atom. The summed E-state index contributed by atoms with van der Waals surface area (Å²) in [5.74, 6) is 0.0333. The first-order chi connectivity index (χ1) is 13.1. The average molecular weight is 359 g/mol. The van der Waals surface area contributed by atoms with Crippen LogP contribution in [0.4, 0.5) is 0 Å². The molecule has 4 heteroatoms. The van der Waals surface area contributed by atoms with Crippen molar-refractivity contribution < 1.29 is 4.79 Å². The molecule has 1 heterocycles. The molecule has 1 N–H and O–H groups in total. The van der Waals surface area contributed by atoms with Gasteiger partial charge in [-0.1, -0.05) is 60.7 Å². The van der Waals surface area contributed by atoms with E-state index in [1.54, 1.807) is 11.0 Å². The summed E-state index contributed by atoms with van der Waals surface area (Å²) in [4.78, 5) is 14.2. The van der Waals surface area contributed by atoms with Gasteiger partial charge in [0.2, 0.25) is 5.91 Å². The minimum atomic E-state index is 0.0333. The third-order valence-corrected chi connectivity index (χ3v) is 4.59. The van der Waals surface area contributed by atoms with Crippen molar-refractivity contribution in [3.8, 4) is 11.3 Å². The zero-order valence-electron chi connectivity index (χ0n) is 15.9. The third kappa shape index (κ3) is 5.17. The van der Waals surface area contributed by atoms with E-state index in [4.69, 9.17) is 0 Å². The van der Waals surface area contributed by atoms with Crippen molar-refractivity contribution in [3.05, 3.63) is 84.1 Å². The molecule has 2 aromatic carbocycles. The molecule has 0 aliphatic carbocycles. The molecule has 138 valence electrons. The molecule has 0 atom stereocenters. The van der Waals surface area contributed by atoms with E-state index in [0.29, 0.717) is 6.54 Å². The van der Waals surface area contributed by atoms with Crippen LogP contribution in [0.25, 0.3) is 16.8 Å². The number of aromatic nitrogens is 2. The lowest BCUT2D eigenvalue weighted by molar-refractivity contribution is -0.124. The van der Waals surface area contributed by atoms with Crippen LogP contribution in [-0.4, -0.2) is 34.6 Å². The number of aromatic amines is 1. The predicted octanol–water partition coefficient (Wildman–Crippen LogP) is 4.57. The summed E-state index contributed by atoms with van der Waals surface area (Å²) in [6, 6.07) is 22.2. The molecule has 1 aromatic heterocycles. The Kier molecular flexibility index (Phi) is 6.21. The van der Waals surface area contributed by atoms with Crippen LogP contribution in [0, 0.1) is 0 Å². The number of likely N-dealkylation sites (N-methyl/N-ethyl adjacent to an activating group) is 1. The Morgan fingerprint density at radius 3 is 2.44 bits per heavy atom. The minimum Gasteiger partial charge on any atom is -0.342 e. The quantitative estimate of drug-likeness (QED) is 0.628. The van der Waals surface area contributed by atoms with Crippen molar-refractivity contribution in [2.45, 2.75) is 19.8 Å². The second-order valence-corrected chi connectivity index (χ2v) is 6.70. The highest BCUT2D eigenvalue weighted by Crippen LogP contribution is 2.17. The molecule has 1 amide bonds. The van der Waals surface area contributed by atoms with Gasteiger partial charge in [0, 0.05) is 30.9 Å². The number of hydrogen-bond donors (Lipinski definition) is 1. The first-order valence-corrected chi connectivity index (χ1v) is 9.22. The highest BCUT2D eigenvalue weighted by Gasteiger charge is 2.08. The molecule has 0 saturated heterocycles. The van der Waals surface area contributed by atoms with E-state index in [1.807, 2.05) is 74.6 Å². The summed E-state index contributed by atoms with van der Waals surface area (Å²) in [6.45, 7) is 2.67. The van der Waals surface area contributed by atoms with Crippen molar-refractivity contribution in [3.63, 3.8) is 0 Å². The number of allylic oxidation sites excluding steroid dienone is 1. The lowest BCUT2D eigenvalue weighted by atomic mass is 10.1. The molecule has 0 fully saturated rings. The molecule has 4 nitrogen and oxygen atoms in total. The van der Waals surface area contributed by atoms with Crippen molar-refractivity contribution in [1.82, 2.24) is 15.1 Å². The highest BCUT2D eigenvalue weighted by molar-refractivity contribution is 5.94. The van der Waals surface area contributed by atoms with Gasteiger partial charge < -0.3 is 4.90 Å². The largest absolute Gasteiger partial charge is 0.342 e. The fourth-order valence-corrected chi connectivity index (χ4v) is 2.94. The lowest BCUT2D eigenvalue weighted by Crippen LogP contribution is -2.26. The number of H-pyrrole nitrogens is 1. The summed E-state index contributed by atoms with van der Waals surface area (Å²) >= 11 is 0. The van der Waals surface area contributed by atoms with Crippen molar-refractivity contribution in [1.29, 1.82) is 0 Å². The Labute approximate surface area is 160 Å². The van der Waals surface area contributed by atoms with Gasteiger partial charge in [-0.2, -0.15) is 5.10 Å². The monoisotopic (exact) mass is 359 g/mol. The number of carbonyl (C=O) groups excluding carboxylic acids is 1. The fraction of sp³-hybridized carbons (Fsp3) is 0.217. The van der Waals surface area contributed by atoms with E-state index in [1.165, 1.54) is 0 Å². The van der Waals surface area contributed by atoms with Crippen molar-refractivity contribution >= 4 is 11.5 Å². The molecule has 3 aromatic rings. The maximum atomic E-state index is 12.4. The van der Waals surface area contributed by atoms with Crippen LogP contribution >= 0.6 is 0 Å². The molecule has 0 aliphatic rings. The van der Waals surface area contributed by atoms with Crippen LogP contribution in [0.15, 0.2) is 72.8 Å². The van der Waals surface area contributed by atoms with Crippen LogP contribution in [0.3, 0.4) is 0 Å². The van der Waals surface area contributed by atoms with Gasteiger partial charge in [-0.05, 0) is 37.0 Å². The maximum Gasteiger partial charge on any atom is 0.246 e. The predicted molar refractivity (Wildman–Crippen MR) is 110 cm³/mol. The molecule has 3 rings (SSSR count). The molecular formula is C23H25N3O. The van der Waals surface area contributed by atoms with Crippen molar-refractivity contribution in [2.24, 2.45) is 0 Å². The smallest absolute Gasteiger partial charge is 0.246 e. The first kappa shape index (κ1) is 18.6. The number of benzene rings is 2. The maximum absolute atomic E-state index is 12.4. The van der Waals surface area contributed by atoms with Gasteiger partial charge in [-0.3, -0.25) is 9.89 Å². The molecule has 0 radical (unpaired) electrons. The van der Waals surface area contributed by atoms with Crippen LogP contribution in [0.2, 0.25) is 0 Å². The molecule has 0 aliphatic heterocycles. The van der Waals surface area contributed by atoms with Gasteiger partial charge in [0.15, 0.2) is 0 Å². The van der Waals surface area contributed by atoms with E-state index < -0.39 is 0 Å². The summed E-state index contributed by atoms with van der Waals surface area (Å²) in [6.07, 6.45) is 3.45. The number of rotatable bonds is 7. The normalized spacial score (nSPS) is 11.4. The van der Waals surface area contributed by atoms with E-state index in [9.17, 15) is 4.79 Å². The van der Waals surface area contributed by atoms with Crippen LogP contribution in [0.1, 0.15) is 24.6 Å². The standard InChI is InChI=1S/C23H25N3O/c1-18(19-10-5-3-6-11-19)16-23(27)26(2)15-9-14-21-17-22(25-24-21)20-12-7-4-8-13-20/h3-8,10-13,16-17H,9,14-15H2,1-2H3,(H,24,25). The third-order valence-electron chi connectivity index (χ3n) is 4.59. The van der Waals surface area contributed by atoms with Gasteiger partial charge in [0.25, 0.3) is 0 Å². The fourth-order valence-electron chi connectivity index (χ4n) is 2.94. The Morgan fingerprint density at radius 1 is 1.07 bits per heavy atom. The van der Waals surface area contributed by atoms with Gasteiger partial charge >= 0.3 is 0 Å². The minimum absolute atomic E-state index is 0.0333. The van der Waals surface area contributed by atoms with E-state index in [2.05, 4.69) is 16.3 Å². The number of aryl methyl sites for hydroxylation is 1. The van der Waals surface area contributed by atoms with E-state index in [-0.39, 0.29) is 5.91 Å². The Balaban J connectivity index is 1.50. The number of hydrogen-bond acceptors (Lipinski definition) is 2. The summed E-state index contributed by atoms with van der Waals surface area (Å²) in [5, 5.41) is 7.47. The Bertz CT molecular complexity index is 898. The molecule has 0 bridgehead atoms. The van der Waals surface area contributed by atoms with Crippen LogP contribution in [-0.2, 0) is 11.2 Å². The first-order valence-electron chi connectivity index (χ1n) is 9.22. The molecule has 0 spiro atoms. The van der Waals surface area contributed by atoms with E-state index in [0.717, 1.165) is 40.9 Å². The molecular weight excluding hydrogens is 334 g/mol. The number of nitrogens with zero attached hydrogens (tertiary/aromatic N) is 2. The number of carbonyl (C=O) groups is 1. The molecule has 27 heavy (non-hydrogen) atoms. The number of amides is 1. The lowest BCUT2D eigenvalue weighted by Gasteiger charge is -2.15. The zero-order valence-corrected chi connectivity index (χ0v) is 15.9. The van der Waals surface area contributed by atoms with Crippen LogP contribution < -0.4 is 0 Å². The summed E-state index contributed by atoms with van der Waals surface area (Å²) < 4.78 is 0. The van der Waals surface area contributed by atoms with Gasteiger partial charge in [0.05, 0.1) is 5.69 Å². The topological polar surface area (TPSA) is 49.0 Å². The van der Waals surface area contributed by atoms with Gasteiger partial charge in [0.1, 0.15) is 0 Å². The van der Waals surface area contributed by atoms with Gasteiger partial charge in [-0.15, -0.1) is 0 Å². The van der Waals surface area contributed by atoms with E-state index >= 15 is 0 Å². The summed E-state index contributed by atoms with van der Waals surface area (Å²) in [7, 11) is 1.85. The average Bonchev–Trinajstić information content (AvgIpc) is 3.18. The second kappa shape index (κ2) is 8.99. The molecule has 0 unspecified atom stereocenters. The van der Waals surface area contributed by atoms with Crippen LogP contribution in [0.5, 0.6) is 0 Å².